The monoisotopic (exact) mass is 439 g/mol. The van der Waals surface area contributed by atoms with E-state index in [0.29, 0.717) is 30.3 Å². The summed E-state index contributed by atoms with van der Waals surface area (Å²) in [6.45, 7) is 4.70. The lowest BCUT2D eigenvalue weighted by atomic mass is 10.1. The molecule has 10 heteroatoms. The quantitative estimate of drug-likeness (QED) is 0.289. The number of nitrogens with zero attached hydrogens (tertiary/aromatic N) is 2. The molecule has 32 heavy (non-hydrogen) atoms. The molecule has 1 aliphatic rings. The third-order valence-electron chi connectivity index (χ3n) is 4.46. The predicted octanol–water partition coefficient (Wildman–Crippen LogP) is 3.45. The minimum absolute atomic E-state index is 0.0924. The molecule has 3 rings (SSSR count). The minimum atomic E-state index is -0.940. The van der Waals surface area contributed by atoms with Gasteiger partial charge in [-0.1, -0.05) is 13.0 Å². The Bertz CT molecular complexity index is 1090. The first kappa shape index (κ1) is 22.5. The number of ether oxygens (including phenoxy) is 2. The fourth-order valence-corrected chi connectivity index (χ4v) is 3.00. The normalized spacial score (nSPS) is 15.0. The molecule has 0 aromatic heterocycles. The molecule has 2 aromatic rings. The number of hydrogen-bond donors (Lipinski definition) is 1. The van der Waals surface area contributed by atoms with E-state index in [2.05, 4.69) is 5.32 Å². The summed E-state index contributed by atoms with van der Waals surface area (Å²) in [5.74, 6) is -0.695. The second-order valence-electron chi connectivity index (χ2n) is 6.72. The Hall–Kier alpha value is -4.21. The standard InChI is InChI=1S/C22H21N3O7/c1-3-11-32-18-10-5-14(13-19(18)31-4-2)12-17-20(26)23-22(28)24(21(17)27)15-6-8-16(9-7-15)25(29)30/h5-10,12-13H,3-4,11H2,1-2H3,(H,23,26,28)/b17-12-. The molecule has 0 radical (unpaired) electrons. The molecule has 1 saturated heterocycles. The number of amides is 4. The van der Waals surface area contributed by atoms with Crippen LogP contribution >= 0.6 is 0 Å². The van der Waals surface area contributed by atoms with Crippen molar-refractivity contribution in [3.8, 4) is 11.5 Å². The smallest absolute Gasteiger partial charge is 0.335 e. The summed E-state index contributed by atoms with van der Waals surface area (Å²) >= 11 is 0. The third-order valence-corrected chi connectivity index (χ3v) is 4.46. The summed E-state index contributed by atoms with van der Waals surface area (Å²) < 4.78 is 11.2. The number of rotatable bonds is 8. The van der Waals surface area contributed by atoms with Gasteiger partial charge >= 0.3 is 6.03 Å². The van der Waals surface area contributed by atoms with Crippen LogP contribution < -0.4 is 19.7 Å². The summed E-state index contributed by atoms with van der Waals surface area (Å²) in [5.41, 5.74) is 0.121. The van der Waals surface area contributed by atoms with Crippen molar-refractivity contribution in [2.75, 3.05) is 18.1 Å². The van der Waals surface area contributed by atoms with E-state index < -0.39 is 22.8 Å². The van der Waals surface area contributed by atoms with Crippen molar-refractivity contribution < 1.29 is 28.8 Å². The summed E-state index contributed by atoms with van der Waals surface area (Å²) in [5, 5.41) is 13.0. The molecule has 1 heterocycles. The number of nitro groups is 1. The van der Waals surface area contributed by atoms with Gasteiger partial charge in [-0.2, -0.15) is 0 Å². The van der Waals surface area contributed by atoms with Crippen LogP contribution in [0.3, 0.4) is 0 Å². The molecule has 0 aliphatic carbocycles. The average molecular weight is 439 g/mol. The van der Waals surface area contributed by atoms with E-state index >= 15 is 0 Å². The lowest BCUT2D eigenvalue weighted by Gasteiger charge is -2.26. The number of urea groups is 1. The Morgan fingerprint density at radius 1 is 1.03 bits per heavy atom. The zero-order chi connectivity index (χ0) is 23.3. The minimum Gasteiger partial charge on any atom is -0.490 e. The lowest BCUT2D eigenvalue weighted by molar-refractivity contribution is -0.384. The molecular formula is C22H21N3O7. The largest absolute Gasteiger partial charge is 0.490 e. The Kier molecular flexibility index (Phi) is 6.83. The van der Waals surface area contributed by atoms with Crippen LogP contribution in [-0.2, 0) is 9.59 Å². The first-order valence-corrected chi connectivity index (χ1v) is 9.91. The van der Waals surface area contributed by atoms with E-state index in [4.69, 9.17) is 9.47 Å². The molecule has 1 aliphatic heterocycles. The van der Waals surface area contributed by atoms with E-state index in [9.17, 15) is 24.5 Å². The molecule has 4 amide bonds. The van der Waals surface area contributed by atoms with Crippen LogP contribution in [-0.4, -0.2) is 36.0 Å². The van der Waals surface area contributed by atoms with Gasteiger partial charge in [-0.25, -0.2) is 9.69 Å². The molecule has 10 nitrogen and oxygen atoms in total. The number of non-ortho nitro benzene ring substituents is 1. The first-order valence-electron chi connectivity index (χ1n) is 9.91. The number of carbonyl (C=O) groups excluding carboxylic acids is 3. The summed E-state index contributed by atoms with van der Waals surface area (Å²) in [6.07, 6.45) is 2.16. The van der Waals surface area contributed by atoms with Gasteiger partial charge < -0.3 is 9.47 Å². The first-order chi connectivity index (χ1) is 15.3. The molecule has 0 unspecified atom stereocenters. The molecule has 0 saturated carbocycles. The van der Waals surface area contributed by atoms with Crippen LogP contribution in [0, 0.1) is 10.1 Å². The molecular weight excluding hydrogens is 418 g/mol. The van der Waals surface area contributed by atoms with E-state index in [-0.39, 0.29) is 16.9 Å². The summed E-state index contributed by atoms with van der Waals surface area (Å²) in [6, 6.07) is 8.88. The highest BCUT2D eigenvalue weighted by Gasteiger charge is 2.37. The molecule has 166 valence electrons. The molecule has 0 spiro atoms. The Morgan fingerprint density at radius 2 is 1.75 bits per heavy atom. The summed E-state index contributed by atoms with van der Waals surface area (Å²) in [4.78, 5) is 48.6. The fourth-order valence-electron chi connectivity index (χ4n) is 3.00. The van der Waals surface area contributed by atoms with Gasteiger partial charge in [-0.15, -0.1) is 0 Å². The van der Waals surface area contributed by atoms with Gasteiger partial charge in [0.2, 0.25) is 0 Å². The van der Waals surface area contributed by atoms with Crippen molar-refractivity contribution in [2.24, 2.45) is 0 Å². The number of benzene rings is 2. The number of carbonyl (C=O) groups is 3. The van der Waals surface area contributed by atoms with Crippen LogP contribution in [0.4, 0.5) is 16.2 Å². The van der Waals surface area contributed by atoms with Crippen LogP contribution in [0.5, 0.6) is 11.5 Å². The number of hydrogen-bond acceptors (Lipinski definition) is 7. The number of nitro benzene ring substituents is 1. The van der Waals surface area contributed by atoms with Gasteiger partial charge in [0.15, 0.2) is 11.5 Å². The maximum Gasteiger partial charge on any atom is 0.335 e. The van der Waals surface area contributed by atoms with Crippen molar-refractivity contribution in [1.29, 1.82) is 0 Å². The number of anilines is 1. The van der Waals surface area contributed by atoms with Gasteiger partial charge in [0.05, 0.1) is 23.8 Å². The second-order valence-corrected chi connectivity index (χ2v) is 6.72. The van der Waals surface area contributed by atoms with Crippen molar-refractivity contribution in [3.05, 3.63) is 63.7 Å². The van der Waals surface area contributed by atoms with Crippen molar-refractivity contribution in [2.45, 2.75) is 20.3 Å². The van der Waals surface area contributed by atoms with Crippen molar-refractivity contribution in [1.82, 2.24) is 5.32 Å². The maximum absolute atomic E-state index is 13.0. The average Bonchev–Trinajstić information content (AvgIpc) is 2.76. The SMILES string of the molecule is CCCOc1ccc(/C=C2/C(=O)NC(=O)N(c3ccc([N+](=O)[O-])cc3)C2=O)cc1OCC. The van der Waals surface area contributed by atoms with Crippen molar-refractivity contribution >= 4 is 35.3 Å². The summed E-state index contributed by atoms with van der Waals surface area (Å²) in [7, 11) is 0. The Labute approximate surface area is 183 Å². The van der Waals surface area contributed by atoms with Crippen LogP contribution in [0.15, 0.2) is 48.0 Å². The molecule has 0 atom stereocenters. The molecule has 0 bridgehead atoms. The zero-order valence-electron chi connectivity index (χ0n) is 17.5. The van der Waals surface area contributed by atoms with E-state index in [1.54, 1.807) is 18.2 Å². The van der Waals surface area contributed by atoms with Gasteiger partial charge in [0.25, 0.3) is 17.5 Å². The maximum atomic E-state index is 13.0. The topological polar surface area (TPSA) is 128 Å². The second kappa shape index (κ2) is 9.73. The fraction of sp³-hybridized carbons (Fsp3) is 0.227. The Balaban J connectivity index is 1.94. The zero-order valence-corrected chi connectivity index (χ0v) is 17.5. The van der Waals surface area contributed by atoms with Gasteiger partial charge in [0, 0.05) is 12.1 Å². The van der Waals surface area contributed by atoms with E-state index in [1.165, 1.54) is 30.3 Å². The van der Waals surface area contributed by atoms with Gasteiger partial charge in [0.1, 0.15) is 5.57 Å². The van der Waals surface area contributed by atoms with Gasteiger partial charge in [-0.3, -0.25) is 25.0 Å². The number of imide groups is 2. The van der Waals surface area contributed by atoms with Gasteiger partial charge in [-0.05, 0) is 49.2 Å². The lowest BCUT2D eigenvalue weighted by Crippen LogP contribution is -2.54. The predicted molar refractivity (Wildman–Crippen MR) is 115 cm³/mol. The molecule has 1 N–H and O–H groups in total. The Morgan fingerprint density at radius 3 is 2.38 bits per heavy atom. The van der Waals surface area contributed by atoms with E-state index in [0.717, 1.165) is 11.3 Å². The van der Waals surface area contributed by atoms with Crippen LogP contribution in [0.1, 0.15) is 25.8 Å². The highest BCUT2D eigenvalue weighted by molar-refractivity contribution is 6.39. The van der Waals surface area contributed by atoms with Crippen molar-refractivity contribution in [3.63, 3.8) is 0 Å². The highest BCUT2D eigenvalue weighted by atomic mass is 16.6. The number of barbiturate groups is 1. The highest BCUT2D eigenvalue weighted by Crippen LogP contribution is 2.30. The molecule has 1 fully saturated rings. The molecule has 2 aromatic carbocycles. The number of nitrogens with one attached hydrogen (secondary N) is 1. The third kappa shape index (κ3) is 4.75. The van der Waals surface area contributed by atoms with E-state index in [1.807, 2.05) is 13.8 Å². The van der Waals surface area contributed by atoms with Crippen LogP contribution in [0.25, 0.3) is 6.08 Å². The van der Waals surface area contributed by atoms with Crippen LogP contribution in [0.2, 0.25) is 0 Å².